The molecule has 0 aliphatic heterocycles. The van der Waals surface area contributed by atoms with Crippen molar-refractivity contribution in [1.29, 1.82) is 0 Å². The van der Waals surface area contributed by atoms with Crippen molar-refractivity contribution in [2.24, 2.45) is 0 Å². The maximum absolute atomic E-state index is 12.5. The van der Waals surface area contributed by atoms with Gasteiger partial charge in [-0.1, -0.05) is 60.7 Å². The number of rotatable bonds is 7. The molecule has 0 spiro atoms. The van der Waals surface area contributed by atoms with Crippen molar-refractivity contribution in [3.05, 3.63) is 106 Å². The summed E-state index contributed by atoms with van der Waals surface area (Å²) >= 11 is 3.32. The van der Waals surface area contributed by atoms with E-state index >= 15 is 0 Å². The van der Waals surface area contributed by atoms with E-state index in [0.717, 1.165) is 11.1 Å². The normalized spacial score (nSPS) is 11.5. The number of carbonyl (C=O) groups is 1. The number of halogens is 1. The van der Waals surface area contributed by atoms with Crippen LogP contribution in [0.2, 0.25) is 0 Å². The minimum atomic E-state index is -0.634. The molecule has 0 saturated carbocycles. The zero-order chi connectivity index (χ0) is 19.9. The number of benzene rings is 3. The van der Waals surface area contributed by atoms with Crippen LogP contribution in [0.3, 0.4) is 0 Å². The minimum Gasteiger partial charge on any atom is -0.482 e. The van der Waals surface area contributed by atoms with E-state index in [1.54, 1.807) is 0 Å². The first-order valence-electron chi connectivity index (χ1n) is 8.40. The first-order valence-corrected chi connectivity index (χ1v) is 9.31. The number of nitro benzene ring substituents is 1. The molecule has 142 valence electrons. The Labute approximate surface area is 170 Å². The van der Waals surface area contributed by atoms with Gasteiger partial charge in [0.1, 0.15) is 6.61 Å². The third-order valence-electron chi connectivity index (χ3n) is 3.90. The minimum absolute atomic E-state index is 0.00846. The van der Waals surface area contributed by atoms with Gasteiger partial charge in [0.25, 0.3) is 0 Å². The van der Waals surface area contributed by atoms with Gasteiger partial charge < -0.3 is 9.47 Å². The summed E-state index contributed by atoms with van der Waals surface area (Å²) in [7, 11) is 0. The molecule has 0 heterocycles. The summed E-state index contributed by atoms with van der Waals surface area (Å²) in [5, 5.41) is 10.6. The molecule has 1 atom stereocenters. The topological polar surface area (TPSA) is 78.7 Å². The van der Waals surface area contributed by atoms with Crippen molar-refractivity contribution >= 4 is 27.6 Å². The van der Waals surface area contributed by atoms with Crippen molar-refractivity contribution in [2.75, 3.05) is 0 Å². The molecule has 0 saturated heterocycles. The lowest BCUT2D eigenvalue weighted by molar-refractivity contribution is -0.385. The second kappa shape index (κ2) is 9.14. The Morgan fingerprint density at radius 2 is 1.64 bits per heavy atom. The fraction of sp³-hybridized carbons (Fsp3) is 0.0952. The van der Waals surface area contributed by atoms with Crippen LogP contribution in [0.15, 0.2) is 78.9 Å². The molecule has 3 aromatic carbocycles. The van der Waals surface area contributed by atoms with Gasteiger partial charge in [0, 0.05) is 17.7 Å². The molecule has 3 aromatic rings. The third-order valence-corrected chi connectivity index (χ3v) is 4.62. The van der Waals surface area contributed by atoms with E-state index in [9.17, 15) is 14.9 Å². The molecule has 1 unspecified atom stereocenters. The van der Waals surface area contributed by atoms with Crippen LogP contribution in [0.25, 0.3) is 0 Å². The summed E-state index contributed by atoms with van der Waals surface area (Å²) in [4.78, 5) is 23.2. The van der Waals surface area contributed by atoms with E-state index in [-0.39, 0.29) is 23.6 Å². The van der Waals surface area contributed by atoms with Crippen molar-refractivity contribution in [3.63, 3.8) is 0 Å². The van der Waals surface area contributed by atoms with Gasteiger partial charge in [-0.15, -0.1) is 0 Å². The van der Waals surface area contributed by atoms with Crippen LogP contribution in [-0.4, -0.2) is 10.9 Å². The maximum Gasteiger partial charge on any atom is 0.339 e. The average molecular weight is 442 g/mol. The van der Waals surface area contributed by atoms with Gasteiger partial charge >= 0.3 is 11.7 Å². The van der Waals surface area contributed by atoms with E-state index in [4.69, 9.17) is 9.47 Å². The second-order valence-electron chi connectivity index (χ2n) is 5.85. The van der Waals surface area contributed by atoms with E-state index in [1.165, 1.54) is 18.2 Å². The first-order chi connectivity index (χ1) is 13.5. The highest BCUT2D eigenvalue weighted by Gasteiger charge is 2.21. The predicted octanol–water partition coefficient (Wildman–Crippen LogP) is 5.42. The van der Waals surface area contributed by atoms with E-state index in [2.05, 4.69) is 15.9 Å². The van der Waals surface area contributed by atoms with Crippen molar-refractivity contribution < 1.29 is 19.2 Å². The molecule has 0 amide bonds. The third kappa shape index (κ3) is 4.95. The summed E-state index contributed by atoms with van der Waals surface area (Å²) in [5.74, 6) is -0.612. The molecule has 0 aromatic heterocycles. The summed E-state index contributed by atoms with van der Waals surface area (Å²) in [6, 6.07) is 22.3. The lowest BCUT2D eigenvalue weighted by atomic mass is 10.2. The molecule has 0 radical (unpaired) electrons. The van der Waals surface area contributed by atoms with Crippen LogP contribution in [0.1, 0.15) is 26.5 Å². The van der Waals surface area contributed by atoms with Crippen LogP contribution < -0.4 is 4.74 Å². The van der Waals surface area contributed by atoms with Crippen LogP contribution in [0, 0.1) is 10.1 Å². The Bertz CT molecular complexity index is 963. The second-order valence-corrected chi connectivity index (χ2v) is 6.68. The lowest BCUT2D eigenvalue weighted by Gasteiger charge is -2.13. The van der Waals surface area contributed by atoms with Gasteiger partial charge in [-0.2, -0.15) is 0 Å². The molecule has 0 N–H and O–H groups in total. The van der Waals surface area contributed by atoms with E-state index in [1.807, 2.05) is 60.7 Å². The molecule has 0 bridgehead atoms. The average Bonchev–Trinajstić information content (AvgIpc) is 2.73. The number of hydrogen-bond acceptors (Lipinski definition) is 5. The number of nitrogens with zero attached hydrogens (tertiary/aromatic N) is 1. The molecular formula is C21H16BrNO5. The number of esters is 1. The van der Waals surface area contributed by atoms with Crippen LogP contribution in [0.4, 0.5) is 5.69 Å². The highest BCUT2D eigenvalue weighted by molar-refractivity contribution is 9.09. The quantitative estimate of drug-likeness (QED) is 0.211. The summed E-state index contributed by atoms with van der Waals surface area (Å²) < 4.78 is 11.0. The summed E-state index contributed by atoms with van der Waals surface area (Å²) in [6.45, 7) is 0.144. The fourth-order valence-corrected chi connectivity index (χ4v) is 2.95. The summed E-state index contributed by atoms with van der Waals surface area (Å²) in [5.41, 5.74) is 1.58. The zero-order valence-electron chi connectivity index (χ0n) is 14.7. The first kappa shape index (κ1) is 19.6. The monoisotopic (exact) mass is 441 g/mol. The molecule has 6 nitrogen and oxygen atoms in total. The maximum atomic E-state index is 12.5. The van der Waals surface area contributed by atoms with Crippen molar-refractivity contribution in [2.45, 2.75) is 11.6 Å². The van der Waals surface area contributed by atoms with Gasteiger partial charge in [-0.3, -0.25) is 10.1 Å². The molecular weight excluding hydrogens is 426 g/mol. The molecule has 0 aliphatic carbocycles. The lowest BCUT2D eigenvalue weighted by Crippen LogP contribution is -2.08. The molecule has 0 aliphatic rings. The number of hydrogen-bond donors (Lipinski definition) is 0. The molecule has 28 heavy (non-hydrogen) atoms. The zero-order valence-corrected chi connectivity index (χ0v) is 16.2. The molecule has 0 fully saturated rings. The number of nitro groups is 1. The summed E-state index contributed by atoms with van der Waals surface area (Å²) in [6.07, 6.45) is 0. The van der Waals surface area contributed by atoms with Crippen LogP contribution in [0.5, 0.6) is 5.75 Å². The molecule has 7 heteroatoms. The Hall–Kier alpha value is -3.19. The fourth-order valence-electron chi connectivity index (χ4n) is 2.48. The van der Waals surface area contributed by atoms with Gasteiger partial charge in [-0.25, -0.2) is 4.79 Å². The number of alkyl halides is 1. The van der Waals surface area contributed by atoms with Crippen LogP contribution >= 0.6 is 15.9 Å². The Balaban J connectivity index is 1.77. The van der Waals surface area contributed by atoms with Crippen molar-refractivity contribution in [3.8, 4) is 5.75 Å². The van der Waals surface area contributed by atoms with Gasteiger partial charge in [0.05, 0.1) is 10.5 Å². The van der Waals surface area contributed by atoms with Crippen molar-refractivity contribution in [1.82, 2.24) is 0 Å². The molecule has 3 rings (SSSR count). The number of ether oxygens (including phenoxy) is 2. The number of carbonyl (C=O) groups excluding carboxylic acids is 1. The Morgan fingerprint density at radius 3 is 2.29 bits per heavy atom. The van der Waals surface area contributed by atoms with E-state index in [0.29, 0.717) is 0 Å². The SMILES string of the molecule is O=C(OC(Br)c1ccccc1)c1ccc([N+](=O)[O-])c(OCc2ccccc2)c1. The Kier molecular flexibility index (Phi) is 6.39. The largest absolute Gasteiger partial charge is 0.482 e. The smallest absolute Gasteiger partial charge is 0.339 e. The Morgan fingerprint density at radius 1 is 1.00 bits per heavy atom. The van der Waals surface area contributed by atoms with Crippen LogP contribution in [-0.2, 0) is 11.3 Å². The predicted molar refractivity (Wildman–Crippen MR) is 107 cm³/mol. The standard InChI is InChI=1S/C21H16BrNO5/c22-20(16-9-5-2-6-10-16)28-21(24)17-11-12-18(23(25)26)19(13-17)27-14-15-7-3-1-4-8-15/h1-13,20H,14H2. The highest BCUT2D eigenvalue weighted by Crippen LogP contribution is 2.31. The van der Waals surface area contributed by atoms with Gasteiger partial charge in [0.15, 0.2) is 10.8 Å². The highest BCUT2D eigenvalue weighted by atomic mass is 79.9. The van der Waals surface area contributed by atoms with Gasteiger partial charge in [0.2, 0.25) is 0 Å². The van der Waals surface area contributed by atoms with E-state index < -0.39 is 15.9 Å². The van der Waals surface area contributed by atoms with Gasteiger partial charge in [-0.05, 0) is 27.6 Å².